The van der Waals surface area contributed by atoms with Gasteiger partial charge in [-0.25, -0.2) is 4.98 Å². The van der Waals surface area contributed by atoms with Crippen LogP contribution in [0.5, 0.6) is 0 Å². The molecule has 16 heavy (non-hydrogen) atoms. The Bertz CT molecular complexity index is 497. The predicted octanol–water partition coefficient (Wildman–Crippen LogP) is 4.20. The molecule has 2 aromatic rings. The van der Waals surface area contributed by atoms with E-state index >= 15 is 0 Å². The summed E-state index contributed by atoms with van der Waals surface area (Å²) in [7, 11) is 0. The van der Waals surface area contributed by atoms with Crippen molar-refractivity contribution < 1.29 is 0 Å². The van der Waals surface area contributed by atoms with Crippen molar-refractivity contribution in [3.8, 4) is 0 Å². The van der Waals surface area contributed by atoms with E-state index in [-0.39, 0.29) is 0 Å². The average molecular weight is 276 g/mol. The van der Waals surface area contributed by atoms with E-state index in [2.05, 4.69) is 4.98 Å². The molecule has 84 valence electrons. The first-order chi connectivity index (χ1) is 7.58. The molecule has 1 heterocycles. The van der Waals surface area contributed by atoms with E-state index in [9.17, 15) is 0 Å². The number of hydrogen-bond acceptors (Lipinski definition) is 1. The summed E-state index contributed by atoms with van der Waals surface area (Å²) in [5.74, 6) is 0.919. The molecule has 0 saturated heterocycles. The summed E-state index contributed by atoms with van der Waals surface area (Å²) in [4.78, 5) is 4.14. The molecule has 5 heteroatoms. The van der Waals surface area contributed by atoms with E-state index in [0.29, 0.717) is 21.6 Å². The van der Waals surface area contributed by atoms with Gasteiger partial charge in [0, 0.05) is 33.0 Å². The predicted molar refractivity (Wildman–Crippen MR) is 67.5 cm³/mol. The fourth-order valence-electron chi connectivity index (χ4n) is 1.46. The third kappa shape index (κ3) is 2.34. The second-order valence-electron chi connectivity index (χ2n) is 3.45. The van der Waals surface area contributed by atoms with Crippen LogP contribution in [0.3, 0.4) is 0 Å². The van der Waals surface area contributed by atoms with Gasteiger partial charge >= 0.3 is 0 Å². The van der Waals surface area contributed by atoms with Crippen molar-refractivity contribution in [2.75, 3.05) is 0 Å². The minimum atomic E-state index is 0.543. The first-order valence-electron chi connectivity index (χ1n) is 4.69. The lowest BCUT2D eigenvalue weighted by Gasteiger charge is -2.09. The second-order valence-corrected chi connectivity index (χ2v) is 4.70. The fourth-order valence-corrected chi connectivity index (χ4v) is 2.40. The second kappa shape index (κ2) is 4.66. The molecule has 0 aliphatic carbocycles. The summed E-state index contributed by atoms with van der Waals surface area (Å²) in [5.41, 5.74) is 0.855. The van der Waals surface area contributed by atoms with Crippen molar-refractivity contribution in [1.29, 1.82) is 0 Å². The monoisotopic (exact) mass is 274 g/mol. The average Bonchev–Trinajstić information content (AvgIpc) is 2.57. The molecule has 0 unspecified atom stereocenters. The van der Waals surface area contributed by atoms with Gasteiger partial charge in [0.25, 0.3) is 0 Å². The third-order valence-corrected chi connectivity index (χ3v) is 3.25. The van der Waals surface area contributed by atoms with E-state index in [1.165, 1.54) is 0 Å². The fraction of sp³-hybridized carbons (Fsp3) is 0.182. The van der Waals surface area contributed by atoms with Gasteiger partial charge in [-0.15, -0.1) is 0 Å². The minimum Gasteiger partial charge on any atom is -0.331 e. The number of aromatic nitrogens is 2. The smallest absolute Gasteiger partial charge is 0.105 e. The van der Waals surface area contributed by atoms with E-state index in [4.69, 9.17) is 34.8 Å². The molecule has 0 fully saturated rings. The Morgan fingerprint density at radius 2 is 1.81 bits per heavy atom. The zero-order chi connectivity index (χ0) is 11.7. The first-order valence-corrected chi connectivity index (χ1v) is 5.82. The summed E-state index contributed by atoms with van der Waals surface area (Å²) < 4.78 is 1.97. The molecule has 0 saturated carbocycles. The Morgan fingerprint density at radius 3 is 2.31 bits per heavy atom. The molecular formula is C11H9Cl3N2. The van der Waals surface area contributed by atoms with Gasteiger partial charge in [-0.1, -0.05) is 34.8 Å². The van der Waals surface area contributed by atoms with Crippen LogP contribution < -0.4 is 0 Å². The number of imidazole rings is 1. The highest BCUT2D eigenvalue weighted by Gasteiger charge is 2.09. The van der Waals surface area contributed by atoms with Crippen LogP contribution in [-0.4, -0.2) is 9.55 Å². The SMILES string of the molecule is Cc1nccn1Cc1c(Cl)cc(Cl)cc1Cl. The maximum atomic E-state index is 6.10. The van der Waals surface area contributed by atoms with Crippen molar-refractivity contribution in [1.82, 2.24) is 9.55 Å². The quantitative estimate of drug-likeness (QED) is 0.803. The number of rotatable bonds is 2. The first kappa shape index (κ1) is 11.8. The molecule has 0 aliphatic rings. The maximum absolute atomic E-state index is 6.10. The molecule has 0 aliphatic heterocycles. The molecule has 0 amide bonds. The van der Waals surface area contributed by atoms with Gasteiger partial charge in [-0.2, -0.15) is 0 Å². The van der Waals surface area contributed by atoms with Gasteiger partial charge in [0.05, 0.1) is 6.54 Å². The lowest BCUT2D eigenvalue weighted by molar-refractivity contribution is 0.762. The Hall–Kier alpha value is -0.700. The molecule has 1 aromatic heterocycles. The summed E-state index contributed by atoms with van der Waals surface area (Å²) >= 11 is 18.1. The Balaban J connectivity index is 2.39. The molecule has 2 nitrogen and oxygen atoms in total. The maximum Gasteiger partial charge on any atom is 0.105 e. The van der Waals surface area contributed by atoms with Crippen LogP contribution in [-0.2, 0) is 6.54 Å². The molecule has 1 aromatic carbocycles. The van der Waals surface area contributed by atoms with Gasteiger partial charge in [0.2, 0.25) is 0 Å². The van der Waals surface area contributed by atoms with Gasteiger partial charge in [0.1, 0.15) is 5.82 Å². The molecular weight excluding hydrogens is 266 g/mol. The summed E-state index contributed by atoms with van der Waals surface area (Å²) in [6, 6.07) is 3.38. The Labute approximate surface area is 109 Å². The summed E-state index contributed by atoms with van der Waals surface area (Å²) in [5, 5.41) is 1.69. The zero-order valence-electron chi connectivity index (χ0n) is 8.54. The highest BCUT2D eigenvalue weighted by molar-refractivity contribution is 6.39. The van der Waals surface area contributed by atoms with Crippen LogP contribution in [0.4, 0.5) is 0 Å². The Kier molecular flexibility index (Phi) is 3.43. The molecule has 0 N–H and O–H groups in total. The van der Waals surface area contributed by atoms with Gasteiger partial charge in [-0.05, 0) is 19.1 Å². The van der Waals surface area contributed by atoms with Gasteiger partial charge in [-0.3, -0.25) is 0 Å². The molecule has 0 spiro atoms. The normalized spacial score (nSPS) is 10.8. The Morgan fingerprint density at radius 1 is 1.19 bits per heavy atom. The zero-order valence-corrected chi connectivity index (χ0v) is 10.8. The minimum absolute atomic E-state index is 0.543. The van der Waals surface area contributed by atoms with Crippen molar-refractivity contribution in [2.45, 2.75) is 13.5 Å². The van der Waals surface area contributed by atoms with Crippen molar-refractivity contribution in [2.24, 2.45) is 0 Å². The van der Waals surface area contributed by atoms with Gasteiger partial charge in [0.15, 0.2) is 0 Å². The number of aryl methyl sites for hydroxylation is 1. The van der Waals surface area contributed by atoms with E-state index < -0.39 is 0 Å². The van der Waals surface area contributed by atoms with Crippen LogP contribution in [0.1, 0.15) is 11.4 Å². The lowest BCUT2D eigenvalue weighted by atomic mass is 10.2. The van der Waals surface area contributed by atoms with Crippen LogP contribution >= 0.6 is 34.8 Å². The van der Waals surface area contributed by atoms with E-state index in [1.807, 2.05) is 17.7 Å². The summed E-state index contributed by atoms with van der Waals surface area (Å²) in [6.07, 6.45) is 3.63. The number of benzene rings is 1. The van der Waals surface area contributed by atoms with Crippen molar-refractivity contribution in [3.63, 3.8) is 0 Å². The summed E-state index contributed by atoms with van der Waals surface area (Å²) in [6.45, 7) is 2.53. The van der Waals surface area contributed by atoms with Crippen LogP contribution in [0.15, 0.2) is 24.5 Å². The van der Waals surface area contributed by atoms with Gasteiger partial charge < -0.3 is 4.57 Å². The molecule has 0 atom stereocenters. The van der Waals surface area contributed by atoms with Crippen LogP contribution in [0.25, 0.3) is 0 Å². The third-order valence-electron chi connectivity index (χ3n) is 2.36. The van der Waals surface area contributed by atoms with E-state index in [0.717, 1.165) is 11.4 Å². The van der Waals surface area contributed by atoms with Crippen molar-refractivity contribution in [3.05, 3.63) is 51.0 Å². The molecule has 2 rings (SSSR count). The highest BCUT2D eigenvalue weighted by atomic mass is 35.5. The van der Waals surface area contributed by atoms with Crippen molar-refractivity contribution >= 4 is 34.8 Å². The van der Waals surface area contributed by atoms with Crippen LogP contribution in [0, 0.1) is 6.92 Å². The number of halogens is 3. The van der Waals surface area contributed by atoms with E-state index in [1.54, 1.807) is 18.3 Å². The molecule has 0 radical (unpaired) electrons. The highest BCUT2D eigenvalue weighted by Crippen LogP contribution is 2.29. The molecule has 0 bridgehead atoms. The topological polar surface area (TPSA) is 17.8 Å². The largest absolute Gasteiger partial charge is 0.331 e. The lowest BCUT2D eigenvalue weighted by Crippen LogP contribution is -2.02. The van der Waals surface area contributed by atoms with Crippen LogP contribution in [0.2, 0.25) is 15.1 Å². The standard InChI is InChI=1S/C11H9Cl3N2/c1-7-15-2-3-16(7)6-9-10(13)4-8(12)5-11(9)14/h2-5H,6H2,1H3. The number of nitrogens with zero attached hydrogens (tertiary/aromatic N) is 2. The number of hydrogen-bond donors (Lipinski definition) is 0.